The summed E-state index contributed by atoms with van der Waals surface area (Å²) in [6.45, 7) is 6.41. The van der Waals surface area contributed by atoms with Crippen LogP contribution < -0.4 is 4.74 Å². The largest absolute Gasteiger partial charge is 0.516 e. The number of esters is 1. The minimum Gasteiger partial charge on any atom is -0.445 e. The highest BCUT2D eigenvalue weighted by atomic mass is 32.1. The number of aryl methyl sites for hydroxylation is 1. The highest BCUT2D eigenvalue weighted by molar-refractivity contribution is 7.80. The molecule has 3 rings (SSSR count). The Morgan fingerprint density at radius 3 is 2.10 bits per heavy atom. The van der Waals surface area contributed by atoms with Crippen molar-refractivity contribution in [3.63, 3.8) is 0 Å². The van der Waals surface area contributed by atoms with E-state index in [4.69, 9.17) is 26.4 Å². The number of benzene rings is 3. The zero-order valence-corrected chi connectivity index (χ0v) is 24.6. The summed E-state index contributed by atoms with van der Waals surface area (Å²) < 4.78 is 15.8. The minimum atomic E-state index is -0.979. The molecule has 40 heavy (non-hydrogen) atoms. The topological polar surface area (TPSA) is 61.8 Å². The maximum absolute atomic E-state index is 12.3. The summed E-state index contributed by atoms with van der Waals surface area (Å²) in [5, 5.41) is 0.472. The standard InChI is InChI=1S/C34H40O5S/c1-4-6-7-8-9-10-13-28-14-11-12-15-31(28)33(40)38-30-22-20-27(21-23-30)26-16-18-29(19-17-26)32(35)39-34(36)37-24-25(3)5-2/h11-12,14-23,25H,4-10,13,24H2,1-3H3/t25-/m0/s1. The van der Waals surface area contributed by atoms with Crippen molar-refractivity contribution in [1.29, 1.82) is 0 Å². The van der Waals surface area contributed by atoms with Gasteiger partial charge in [-0.05, 0) is 71.9 Å². The second kappa shape index (κ2) is 16.6. The zero-order valence-electron chi connectivity index (χ0n) is 23.8. The Hall–Kier alpha value is -3.51. The summed E-state index contributed by atoms with van der Waals surface area (Å²) in [4.78, 5) is 24.0. The fraction of sp³-hybridized carbons (Fsp3) is 0.382. The van der Waals surface area contributed by atoms with Gasteiger partial charge in [0.15, 0.2) is 5.05 Å². The Balaban J connectivity index is 1.54. The van der Waals surface area contributed by atoms with Gasteiger partial charge in [-0.3, -0.25) is 0 Å². The molecule has 1 atom stereocenters. The Morgan fingerprint density at radius 2 is 1.43 bits per heavy atom. The molecule has 0 saturated carbocycles. The minimum absolute atomic E-state index is 0.208. The molecule has 3 aromatic rings. The number of rotatable bonds is 14. The van der Waals surface area contributed by atoms with Gasteiger partial charge in [-0.2, -0.15) is 0 Å². The van der Waals surface area contributed by atoms with Crippen LogP contribution in [0.25, 0.3) is 11.1 Å². The smallest absolute Gasteiger partial charge is 0.445 e. The van der Waals surface area contributed by atoms with Gasteiger partial charge >= 0.3 is 12.1 Å². The number of thiocarbonyl (C=S) groups is 1. The number of unbranched alkanes of at least 4 members (excludes halogenated alkanes) is 5. The fourth-order valence-corrected chi connectivity index (χ4v) is 4.50. The van der Waals surface area contributed by atoms with Gasteiger partial charge in [-0.15, -0.1) is 0 Å². The molecule has 0 N–H and O–H groups in total. The molecule has 0 aliphatic heterocycles. The third-order valence-electron chi connectivity index (χ3n) is 6.91. The van der Waals surface area contributed by atoms with E-state index in [0.717, 1.165) is 36.0 Å². The normalized spacial score (nSPS) is 11.5. The van der Waals surface area contributed by atoms with Crippen molar-refractivity contribution in [3.8, 4) is 16.9 Å². The zero-order chi connectivity index (χ0) is 28.7. The van der Waals surface area contributed by atoms with Crippen molar-refractivity contribution >= 4 is 29.4 Å². The summed E-state index contributed by atoms with van der Waals surface area (Å²) >= 11 is 5.66. The first-order chi connectivity index (χ1) is 19.4. The van der Waals surface area contributed by atoms with Crippen LogP contribution in [-0.2, 0) is 15.9 Å². The summed E-state index contributed by atoms with van der Waals surface area (Å²) in [5.41, 5.74) is 4.33. The molecule has 0 bridgehead atoms. The second-order valence-corrected chi connectivity index (χ2v) is 10.5. The number of hydrogen-bond acceptors (Lipinski definition) is 6. The van der Waals surface area contributed by atoms with Crippen molar-refractivity contribution in [1.82, 2.24) is 0 Å². The van der Waals surface area contributed by atoms with Crippen LogP contribution in [0, 0.1) is 5.92 Å². The molecule has 212 valence electrons. The lowest BCUT2D eigenvalue weighted by atomic mass is 10.0. The average molecular weight is 561 g/mol. The molecule has 0 aliphatic rings. The van der Waals surface area contributed by atoms with Gasteiger partial charge in [0.05, 0.1) is 12.2 Å². The van der Waals surface area contributed by atoms with E-state index in [1.165, 1.54) is 37.7 Å². The van der Waals surface area contributed by atoms with Crippen molar-refractivity contribution in [3.05, 3.63) is 89.5 Å². The Bertz CT molecular complexity index is 1230. The number of ether oxygens (including phenoxy) is 3. The molecule has 0 spiro atoms. The van der Waals surface area contributed by atoms with Crippen molar-refractivity contribution in [2.24, 2.45) is 5.92 Å². The van der Waals surface area contributed by atoms with Gasteiger partial charge < -0.3 is 14.2 Å². The van der Waals surface area contributed by atoms with Crippen molar-refractivity contribution < 1.29 is 23.8 Å². The summed E-state index contributed by atoms with van der Waals surface area (Å²) in [7, 11) is 0. The van der Waals surface area contributed by atoms with Crippen LogP contribution in [0.1, 0.15) is 87.2 Å². The predicted molar refractivity (Wildman–Crippen MR) is 164 cm³/mol. The van der Waals surface area contributed by atoms with Crippen LogP contribution >= 0.6 is 12.2 Å². The van der Waals surface area contributed by atoms with E-state index in [1.54, 1.807) is 24.3 Å². The van der Waals surface area contributed by atoms with Crippen LogP contribution in [-0.4, -0.2) is 23.8 Å². The van der Waals surface area contributed by atoms with E-state index < -0.39 is 12.1 Å². The van der Waals surface area contributed by atoms with Crippen LogP contribution in [0.2, 0.25) is 0 Å². The quantitative estimate of drug-likeness (QED) is 0.0847. The van der Waals surface area contributed by atoms with E-state index in [9.17, 15) is 9.59 Å². The molecule has 0 unspecified atom stereocenters. The Morgan fingerprint density at radius 1 is 0.800 bits per heavy atom. The lowest BCUT2D eigenvalue weighted by Crippen LogP contribution is -2.17. The van der Waals surface area contributed by atoms with Gasteiger partial charge in [-0.1, -0.05) is 108 Å². The van der Waals surface area contributed by atoms with Crippen LogP contribution in [0.5, 0.6) is 5.75 Å². The fourth-order valence-electron chi connectivity index (χ4n) is 4.20. The van der Waals surface area contributed by atoms with E-state index in [2.05, 4.69) is 19.1 Å². The van der Waals surface area contributed by atoms with Crippen LogP contribution in [0.4, 0.5) is 4.79 Å². The highest BCUT2D eigenvalue weighted by Crippen LogP contribution is 2.25. The van der Waals surface area contributed by atoms with Gasteiger partial charge in [0, 0.05) is 5.56 Å². The van der Waals surface area contributed by atoms with E-state index >= 15 is 0 Å². The monoisotopic (exact) mass is 560 g/mol. The molecule has 6 heteroatoms. The summed E-state index contributed by atoms with van der Waals surface area (Å²) in [6, 6.07) is 22.7. The van der Waals surface area contributed by atoms with Gasteiger partial charge in [0.25, 0.3) is 0 Å². The van der Waals surface area contributed by atoms with Gasteiger partial charge in [0.1, 0.15) is 5.75 Å². The molecule has 0 heterocycles. The molecule has 5 nitrogen and oxygen atoms in total. The Kier molecular flexibility index (Phi) is 12.8. The molecule has 3 aromatic carbocycles. The van der Waals surface area contributed by atoms with Crippen molar-refractivity contribution in [2.75, 3.05) is 6.61 Å². The third kappa shape index (κ3) is 9.91. The molecule has 0 fully saturated rings. The first-order valence-electron chi connectivity index (χ1n) is 14.3. The van der Waals surface area contributed by atoms with E-state index in [1.807, 2.05) is 50.2 Å². The number of carbonyl (C=O) groups is 2. The molecule has 0 radical (unpaired) electrons. The SMILES string of the molecule is CCCCCCCCc1ccccc1C(=S)Oc1ccc(-c2ccc(C(=O)OC(=O)OC[C@@H](C)CC)cc2)cc1. The summed E-state index contributed by atoms with van der Waals surface area (Å²) in [6.07, 6.45) is 8.43. The van der Waals surface area contributed by atoms with E-state index in [-0.39, 0.29) is 18.1 Å². The first-order valence-corrected chi connectivity index (χ1v) is 14.7. The molecule has 0 aliphatic carbocycles. The second-order valence-electron chi connectivity index (χ2n) is 10.1. The molecule has 0 aromatic heterocycles. The Labute approximate surface area is 243 Å². The number of carbonyl (C=O) groups excluding carboxylic acids is 2. The first kappa shape index (κ1) is 31.0. The average Bonchev–Trinajstić information content (AvgIpc) is 2.98. The molecule has 0 saturated heterocycles. The lowest BCUT2D eigenvalue weighted by molar-refractivity contribution is 0.0342. The van der Waals surface area contributed by atoms with E-state index in [0.29, 0.717) is 10.8 Å². The van der Waals surface area contributed by atoms with Crippen LogP contribution in [0.15, 0.2) is 72.8 Å². The van der Waals surface area contributed by atoms with Crippen molar-refractivity contribution in [2.45, 2.75) is 72.1 Å². The maximum atomic E-state index is 12.3. The number of hydrogen-bond donors (Lipinski definition) is 0. The molecular formula is C34H40O5S. The third-order valence-corrected chi connectivity index (χ3v) is 7.22. The van der Waals surface area contributed by atoms with Gasteiger partial charge in [-0.25, -0.2) is 9.59 Å². The lowest BCUT2D eigenvalue weighted by Gasteiger charge is -2.12. The maximum Gasteiger partial charge on any atom is 0.516 e. The highest BCUT2D eigenvalue weighted by Gasteiger charge is 2.15. The van der Waals surface area contributed by atoms with Crippen LogP contribution in [0.3, 0.4) is 0 Å². The summed E-state index contributed by atoms with van der Waals surface area (Å²) in [5.74, 6) is 0.133. The molecule has 0 amide bonds. The molecular weight excluding hydrogens is 520 g/mol. The predicted octanol–water partition coefficient (Wildman–Crippen LogP) is 9.35. The van der Waals surface area contributed by atoms with Gasteiger partial charge in [0.2, 0.25) is 0 Å².